The standard InChI is InChI=1S/C13H21N3O2/c1-10(2)13-14-4-3-11(15-13)7-16-5-6-18-9-12(16)8-17/h3-4,10,12,17H,5-9H2,1-2H3/t12-/m0/s1. The summed E-state index contributed by atoms with van der Waals surface area (Å²) in [5, 5.41) is 9.33. The summed E-state index contributed by atoms with van der Waals surface area (Å²) in [5.74, 6) is 1.21. The molecule has 0 spiro atoms. The maximum atomic E-state index is 9.33. The van der Waals surface area contributed by atoms with E-state index in [1.807, 2.05) is 12.3 Å². The molecule has 0 radical (unpaired) electrons. The second kappa shape index (κ2) is 6.22. The molecule has 5 nitrogen and oxygen atoms in total. The molecule has 0 saturated carbocycles. The van der Waals surface area contributed by atoms with E-state index < -0.39 is 0 Å². The molecule has 0 aromatic carbocycles. The zero-order valence-electron chi connectivity index (χ0n) is 11.0. The molecule has 0 aliphatic carbocycles. The Morgan fingerprint density at radius 1 is 1.56 bits per heavy atom. The van der Waals surface area contributed by atoms with Gasteiger partial charge in [-0.05, 0) is 6.07 Å². The predicted molar refractivity (Wildman–Crippen MR) is 68.2 cm³/mol. The minimum absolute atomic E-state index is 0.0798. The van der Waals surface area contributed by atoms with Gasteiger partial charge >= 0.3 is 0 Å². The maximum Gasteiger partial charge on any atom is 0.131 e. The van der Waals surface area contributed by atoms with Gasteiger partial charge in [0.05, 0.1) is 31.6 Å². The lowest BCUT2D eigenvalue weighted by atomic mass is 10.2. The number of aliphatic hydroxyl groups is 1. The summed E-state index contributed by atoms with van der Waals surface area (Å²) in [6, 6.07) is 2.02. The topological polar surface area (TPSA) is 58.5 Å². The van der Waals surface area contributed by atoms with Crippen LogP contribution in [0.2, 0.25) is 0 Å². The van der Waals surface area contributed by atoms with Crippen LogP contribution in [0.5, 0.6) is 0 Å². The zero-order chi connectivity index (χ0) is 13.0. The van der Waals surface area contributed by atoms with Gasteiger partial charge in [0.15, 0.2) is 0 Å². The molecule has 100 valence electrons. The normalized spacial score (nSPS) is 21.4. The molecular weight excluding hydrogens is 230 g/mol. The summed E-state index contributed by atoms with van der Waals surface area (Å²) in [5.41, 5.74) is 1.01. The maximum absolute atomic E-state index is 9.33. The Kier molecular flexibility index (Phi) is 4.63. The molecule has 1 aromatic rings. The number of morpholine rings is 1. The first-order valence-electron chi connectivity index (χ1n) is 6.45. The van der Waals surface area contributed by atoms with Crippen LogP contribution in [0.15, 0.2) is 12.3 Å². The van der Waals surface area contributed by atoms with Gasteiger partial charge < -0.3 is 9.84 Å². The third-order valence-electron chi connectivity index (χ3n) is 3.17. The molecule has 1 aliphatic rings. The van der Waals surface area contributed by atoms with Gasteiger partial charge in [0.1, 0.15) is 5.82 Å². The molecule has 5 heteroatoms. The van der Waals surface area contributed by atoms with Crippen molar-refractivity contribution in [1.82, 2.24) is 14.9 Å². The second-order valence-corrected chi connectivity index (χ2v) is 4.94. The fourth-order valence-corrected chi connectivity index (χ4v) is 2.05. The molecule has 1 fully saturated rings. The summed E-state index contributed by atoms with van der Waals surface area (Å²) in [6.45, 7) is 7.21. The van der Waals surface area contributed by atoms with E-state index in [0.717, 1.165) is 31.2 Å². The Balaban J connectivity index is 2.05. The average Bonchev–Trinajstić information content (AvgIpc) is 2.39. The van der Waals surface area contributed by atoms with Crippen LogP contribution in [0.1, 0.15) is 31.3 Å². The van der Waals surface area contributed by atoms with Crippen LogP contribution >= 0.6 is 0 Å². The van der Waals surface area contributed by atoms with Gasteiger partial charge in [-0.1, -0.05) is 13.8 Å². The van der Waals surface area contributed by atoms with E-state index >= 15 is 0 Å². The van der Waals surface area contributed by atoms with E-state index in [9.17, 15) is 5.11 Å². The molecule has 1 aromatic heterocycles. The van der Waals surface area contributed by atoms with Gasteiger partial charge in [0, 0.05) is 25.2 Å². The third-order valence-corrected chi connectivity index (χ3v) is 3.17. The number of aliphatic hydroxyl groups excluding tert-OH is 1. The third kappa shape index (κ3) is 3.25. The SMILES string of the molecule is CC(C)c1nccc(CN2CCOC[C@@H]2CO)n1. The molecule has 0 unspecified atom stereocenters. The summed E-state index contributed by atoms with van der Waals surface area (Å²) >= 11 is 0. The molecule has 1 N–H and O–H groups in total. The predicted octanol–water partition coefficient (Wildman–Crippen LogP) is 0.793. The van der Waals surface area contributed by atoms with E-state index in [4.69, 9.17) is 4.74 Å². The van der Waals surface area contributed by atoms with Crippen LogP contribution in [-0.2, 0) is 11.3 Å². The number of hydrogen-bond donors (Lipinski definition) is 1. The largest absolute Gasteiger partial charge is 0.395 e. The highest BCUT2D eigenvalue weighted by Gasteiger charge is 2.22. The number of rotatable bonds is 4. The van der Waals surface area contributed by atoms with Crippen molar-refractivity contribution in [2.45, 2.75) is 32.4 Å². The van der Waals surface area contributed by atoms with E-state index in [1.54, 1.807) is 0 Å². The van der Waals surface area contributed by atoms with Gasteiger partial charge in [0.2, 0.25) is 0 Å². The van der Waals surface area contributed by atoms with Crippen LogP contribution in [0, 0.1) is 0 Å². The number of nitrogens with zero attached hydrogens (tertiary/aromatic N) is 3. The van der Waals surface area contributed by atoms with E-state index in [-0.39, 0.29) is 12.6 Å². The molecule has 1 aliphatic heterocycles. The number of aromatic nitrogens is 2. The average molecular weight is 251 g/mol. The first kappa shape index (κ1) is 13.4. The Morgan fingerprint density at radius 2 is 2.39 bits per heavy atom. The highest BCUT2D eigenvalue weighted by atomic mass is 16.5. The van der Waals surface area contributed by atoms with Crippen molar-refractivity contribution in [1.29, 1.82) is 0 Å². The highest BCUT2D eigenvalue weighted by molar-refractivity contribution is 5.05. The molecule has 1 saturated heterocycles. The fraction of sp³-hybridized carbons (Fsp3) is 0.692. The quantitative estimate of drug-likeness (QED) is 0.857. The molecule has 2 rings (SSSR count). The van der Waals surface area contributed by atoms with Crippen molar-refractivity contribution in [3.63, 3.8) is 0 Å². The number of ether oxygens (including phenoxy) is 1. The van der Waals surface area contributed by atoms with E-state index in [2.05, 4.69) is 28.7 Å². The molecular formula is C13H21N3O2. The molecule has 18 heavy (non-hydrogen) atoms. The van der Waals surface area contributed by atoms with Crippen molar-refractivity contribution in [2.75, 3.05) is 26.4 Å². The summed E-state index contributed by atoms with van der Waals surface area (Å²) in [4.78, 5) is 11.0. The van der Waals surface area contributed by atoms with Crippen molar-refractivity contribution in [3.05, 3.63) is 23.8 Å². The molecule has 0 bridgehead atoms. The van der Waals surface area contributed by atoms with Gasteiger partial charge in [-0.2, -0.15) is 0 Å². The lowest BCUT2D eigenvalue weighted by Gasteiger charge is -2.34. The van der Waals surface area contributed by atoms with E-state index in [1.165, 1.54) is 0 Å². The van der Waals surface area contributed by atoms with Crippen LogP contribution in [0.25, 0.3) is 0 Å². The Hall–Kier alpha value is -1.04. The first-order valence-corrected chi connectivity index (χ1v) is 6.45. The minimum atomic E-state index is 0.0798. The first-order chi connectivity index (χ1) is 8.70. The van der Waals surface area contributed by atoms with Crippen LogP contribution in [-0.4, -0.2) is 52.4 Å². The van der Waals surface area contributed by atoms with Gasteiger partial charge in [-0.25, -0.2) is 9.97 Å². The van der Waals surface area contributed by atoms with Crippen LogP contribution < -0.4 is 0 Å². The monoisotopic (exact) mass is 251 g/mol. The fourth-order valence-electron chi connectivity index (χ4n) is 2.05. The Bertz CT molecular complexity index is 384. The van der Waals surface area contributed by atoms with Gasteiger partial charge in [-0.3, -0.25) is 4.90 Å². The van der Waals surface area contributed by atoms with Crippen molar-refractivity contribution in [3.8, 4) is 0 Å². The lowest BCUT2D eigenvalue weighted by Crippen LogP contribution is -2.47. The second-order valence-electron chi connectivity index (χ2n) is 4.94. The summed E-state index contributed by atoms with van der Waals surface area (Å²) in [6.07, 6.45) is 1.81. The smallest absolute Gasteiger partial charge is 0.131 e. The van der Waals surface area contributed by atoms with Crippen molar-refractivity contribution < 1.29 is 9.84 Å². The Labute approximate surface area is 108 Å². The number of hydrogen-bond acceptors (Lipinski definition) is 5. The highest BCUT2D eigenvalue weighted by Crippen LogP contribution is 2.13. The molecule has 0 amide bonds. The van der Waals surface area contributed by atoms with E-state index in [0.29, 0.717) is 12.5 Å². The van der Waals surface area contributed by atoms with Crippen LogP contribution in [0.4, 0.5) is 0 Å². The van der Waals surface area contributed by atoms with Crippen LogP contribution in [0.3, 0.4) is 0 Å². The van der Waals surface area contributed by atoms with Gasteiger partial charge in [0.25, 0.3) is 0 Å². The lowest BCUT2D eigenvalue weighted by molar-refractivity contribution is -0.0317. The summed E-state index contributed by atoms with van der Waals surface area (Å²) in [7, 11) is 0. The molecule has 1 atom stereocenters. The van der Waals surface area contributed by atoms with Crippen molar-refractivity contribution >= 4 is 0 Å². The summed E-state index contributed by atoms with van der Waals surface area (Å²) < 4.78 is 5.37. The van der Waals surface area contributed by atoms with Gasteiger partial charge in [-0.15, -0.1) is 0 Å². The van der Waals surface area contributed by atoms with Crippen molar-refractivity contribution in [2.24, 2.45) is 0 Å². The molecule has 2 heterocycles. The zero-order valence-corrected chi connectivity index (χ0v) is 11.0. The minimum Gasteiger partial charge on any atom is -0.395 e. The Morgan fingerprint density at radius 3 is 3.11 bits per heavy atom.